The van der Waals surface area contributed by atoms with Crippen molar-refractivity contribution < 1.29 is 14.3 Å². The van der Waals surface area contributed by atoms with Crippen LogP contribution in [0.4, 0.5) is 4.39 Å². The van der Waals surface area contributed by atoms with Gasteiger partial charge in [-0.15, -0.1) is 0 Å². The first-order valence-corrected chi connectivity index (χ1v) is 7.79. The summed E-state index contributed by atoms with van der Waals surface area (Å²) in [7, 11) is 0. The lowest BCUT2D eigenvalue weighted by atomic mass is 10.1. The van der Waals surface area contributed by atoms with E-state index in [4.69, 9.17) is 17.3 Å². The van der Waals surface area contributed by atoms with E-state index >= 15 is 0 Å². The minimum Gasteiger partial charge on any atom is -0.395 e. The number of unbranched alkanes of at least 4 members (excludes halogenated alkanes) is 2. The maximum absolute atomic E-state index is 13.7. The molecule has 0 bridgehead atoms. The molecule has 0 radical (unpaired) electrons. The zero-order valence-corrected chi connectivity index (χ0v) is 13.3. The van der Waals surface area contributed by atoms with Crippen molar-refractivity contribution in [3.8, 4) is 0 Å². The number of amides is 1. The highest BCUT2D eigenvalue weighted by atomic mass is 32.1. The SMILES string of the molecule is CCCCCN(CCO)C(=O)c1cc(F)cc2[nH]c(=S)[nH]c12. The summed E-state index contributed by atoms with van der Waals surface area (Å²) < 4.78 is 14.1. The molecule has 0 saturated carbocycles. The number of nitrogens with one attached hydrogen (secondary N) is 2. The Morgan fingerprint density at radius 1 is 1.32 bits per heavy atom. The van der Waals surface area contributed by atoms with E-state index in [1.165, 1.54) is 12.1 Å². The second-order valence-electron chi connectivity index (χ2n) is 5.18. The zero-order chi connectivity index (χ0) is 16.1. The van der Waals surface area contributed by atoms with Gasteiger partial charge in [0.15, 0.2) is 4.77 Å². The number of carbonyl (C=O) groups excluding carboxylic acids is 1. The fourth-order valence-corrected chi connectivity index (χ4v) is 2.65. The van der Waals surface area contributed by atoms with E-state index in [9.17, 15) is 9.18 Å². The number of benzene rings is 1. The molecule has 7 heteroatoms. The van der Waals surface area contributed by atoms with Gasteiger partial charge in [-0.2, -0.15) is 0 Å². The Kier molecular flexibility index (Phi) is 5.68. The highest BCUT2D eigenvalue weighted by Gasteiger charge is 2.19. The minimum atomic E-state index is -0.501. The Bertz CT molecular complexity index is 710. The van der Waals surface area contributed by atoms with E-state index in [1.54, 1.807) is 4.90 Å². The molecular weight excluding hydrogens is 305 g/mol. The van der Waals surface area contributed by atoms with Crippen LogP contribution in [-0.2, 0) is 0 Å². The number of aliphatic hydroxyl groups excluding tert-OH is 1. The number of nitrogens with zero attached hydrogens (tertiary/aromatic N) is 1. The first-order valence-electron chi connectivity index (χ1n) is 7.38. The van der Waals surface area contributed by atoms with Crippen LogP contribution in [0.25, 0.3) is 11.0 Å². The second-order valence-corrected chi connectivity index (χ2v) is 5.59. The summed E-state index contributed by atoms with van der Waals surface area (Å²) in [6.45, 7) is 2.72. The van der Waals surface area contributed by atoms with Gasteiger partial charge < -0.3 is 20.0 Å². The van der Waals surface area contributed by atoms with E-state index in [0.717, 1.165) is 19.3 Å². The number of fused-ring (bicyclic) bond motifs is 1. The number of aromatic nitrogens is 2. The number of aliphatic hydroxyl groups is 1. The van der Waals surface area contributed by atoms with Crippen LogP contribution < -0.4 is 0 Å². The summed E-state index contributed by atoms with van der Waals surface area (Å²) in [6, 6.07) is 2.50. The molecule has 120 valence electrons. The Morgan fingerprint density at radius 2 is 2.09 bits per heavy atom. The number of imidazole rings is 1. The molecule has 2 aromatic rings. The van der Waals surface area contributed by atoms with Crippen molar-refractivity contribution >= 4 is 29.2 Å². The molecule has 0 atom stereocenters. The maximum atomic E-state index is 13.7. The van der Waals surface area contributed by atoms with Crippen LogP contribution in [0.15, 0.2) is 12.1 Å². The van der Waals surface area contributed by atoms with Crippen molar-refractivity contribution in [2.24, 2.45) is 0 Å². The molecule has 22 heavy (non-hydrogen) atoms. The smallest absolute Gasteiger partial charge is 0.256 e. The van der Waals surface area contributed by atoms with Crippen LogP contribution in [-0.4, -0.2) is 45.6 Å². The van der Waals surface area contributed by atoms with E-state index in [1.807, 2.05) is 0 Å². The molecule has 0 saturated heterocycles. The van der Waals surface area contributed by atoms with Gasteiger partial charge in [0.2, 0.25) is 0 Å². The van der Waals surface area contributed by atoms with E-state index in [2.05, 4.69) is 16.9 Å². The fraction of sp³-hybridized carbons (Fsp3) is 0.467. The molecule has 0 spiro atoms. The third-order valence-electron chi connectivity index (χ3n) is 3.51. The number of H-pyrrole nitrogens is 2. The molecule has 0 unspecified atom stereocenters. The molecule has 0 aliphatic heterocycles. The molecule has 0 fully saturated rings. The number of hydrogen-bond donors (Lipinski definition) is 3. The van der Waals surface area contributed by atoms with Gasteiger partial charge in [0, 0.05) is 13.1 Å². The lowest BCUT2D eigenvalue weighted by Gasteiger charge is -2.22. The summed E-state index contributed by atoms with van der Waals surface area (Å²) in [5.74, 6) is -0.807. The molecule has 1 heterocycles. The van der Waals surface area contributed by atoms with Gasteiger partial charge in [0.1, 0.15) is 5.82 Å². The van der Waals surface area contributed by atoms with Crippen LogP contribution in [0.3, 0.4) is 0 Å². The summed E-state index contributed by atoms with van der Waals surface area (Å²) >= 11 is 5.01. The summed E-state index contributed by atoms with van der Waals surface area (Å²) in [6.07, 6.45) is 2.89. The fourth-order valence-electron chi connectivity index (χ4n) is 2.43. The van der Waals surface area contributed by atoms with Crippen molar-refractivity contribution in [3.05, 3.63) is 28.3 Å². The zero-order valence-electron chi connectivity index (χ0n) is 12.5. The van der Waals surface area contributed by atoms with Gasteiger partial charge in [-0.25, -0.2) is 4.39 Å². The normalized spacial score (nSPS) is 11.0. The quantitative estimate of drug-likeness (QED) is 0.541. The Hall–Kier alpha value is -1.73. The average Bonchev–Trinajstić information content (AvgIpc) is 2.85. The van der Waals surface area contributed by atoms with Crippen LogP contribution in [0.1, 0.15) is 36.5 Å². The third kappa shape index (κ3) is 3.72. The lowest BCUT2D eigenvalue weighted by Crippen LogP contribution is -2.34. The van der Waals surface area contributed by atoms with Crippen molar-refractivity contribution in [2.75, 3.05) is 19.7 Å². The first-order chi connectivity index (χ1) is 10.6. The standard InChI is InChI=1S/C15H20FN3O2S/c1-2-3-4-5-19(6-7-20)14(21)11-8-10(16)9-12-13(11)18-15(22)17-12/h8-9,20H,2-7H2,1H3,(H2,17,18,22). The summed E-state index contributed by atoms with van der Waals surface area (Å²) in [4.78, 5) is 19.9. The van der Waals surface area contributed by atoms with E-state index < -0.39 is 5.82 Å². The molecule has 3 N–H and O–H groups in total. The molecule has 1 aromatic carbocycles. The molecule has 0 aliphatic carbocycles. The van der Waals surface area contributed by atoms with Gasteiger partial charge in [-0.05, 0) is 30.8 Å². The summed E-state index contributed by atoms with van der Waals surface area (Å²) in [5.41, 5.74) is 1.19. The molecule has 1 aromatic heterocycles. The Balaban J connectivity index is 2.35. The average molecular weight is 325 g/mol. The maximum Gasteiger partial charge on any atom is 0.256 e. The highest BCUT2D eigenvalue weighted by molar-refractivity contribution is 7.71. The molecule has 1 amide bonds. The van der Waals surface area contributed by atoms with Gasteiger partial charge in [-0.3, -0.25) is 4.79 Å². The number of hydrogen-bond acceptors (Lipinski definition) is 3. The van der Waals surface area contributed by atoms with Gasteiger partial charge >= 0.3 is 0 Å². The van der Waals surface area contributed by atoms with Crippen LogP contribution in [0.5, 0.6) is 0 Å². The highest BCUT2D eigenvalue weighted by Crippen LogP contribution is 2.20. The van der Waals surface area contributed by atoms with Crippen molar-refractivity contribution in [2.45, 2.75) is 26.2 Å². The number of rotatable bonds is 7. The monoisotopic (exact) mass is 325 g/mol. The number of halogens is 1. The predicted octanol–water partition coefficient (Wildman–Crippen LogP) is 2.99. The molecule has 2 rings (SSSR count). The number of carbonyl (C=O) groups is 1. The first kappa shape index (κ1) is 16.6. The van der Waals surface area contributed by atoms with E-state index in [-0.39, 0.29) is 24.6 Å². The van der Waals surface area contributed by atoms with Crippen molar-refractivity contribution in [3.63, 3.8) is 0 Å². The largest absolute Gasteiger partial charge is 0.395 e. The molecular formula is C15H20FN3O2S. The van der Waals surface area contributed by atoms with Crippen LogP contribution in [0, 0.1) is 10.6 Å². The molecule has 5 nitrogen and oxygen atoms in total. The summed E-state index contributed by atoms with van der Waals surface area (Å²) in [5, 5.41) is 9.16. The lowest BCUT2D eigenvalue weighted by molar-refractivity contribution is 0.0720. The van der Waals surface area contributed by atoms with E-state index in [0.29, 0.717) is 22.3 Å². The predicted molar refractivity (Wildman–Crippen MR) is 86.0 cm³/mol. The van der Waals surface area contributed by atoms with Gasteiger partial charge in [0.25, 0.3) is 5.91 Å². The Morgan fingerprint density at radius 3 is 2.77 bits per heavy atom. The third-order valence-corrected chi connectivity index (χ3v) is 3.71. The van der Waals surface area contributed by atoms with Gasteiger partial charge in [-0.1, -0.05) is 19.8 Å². The van der Waals surface area contributed by atoms with Gasteiger partial charge in [0.05, 0.1) is 23.2 Å². The van der Waals surface area contributed by atoms with Crippen molar-refractivity contribution in [1.29, 1.82) is 0 Å². The van der Waals surface area contributed by atoms with Crippen molar-refractivity contribution in [1.82, 2.24) is 14.9 Å². The molecule has 0 aliphatic rings. The minimum absolute atomic E-state index is 0.126. The second kappa shape index (κ2) is 7.51. The van der Waals surface area contributed by atoms with Crippen LogP contribution >= 0.6 is 12.2 Å². The number of aromatic amines is 2. The van der Waals surface area contributed by atoms with Crippen LogP contribution in [0.2, 0.25) is 0 Å². The topological polar surface area (TPSA) is 72.1 Å². The Labute approximate surface area is 133 Å².